The summed E-state index contributed by atoms with van der Waals surface area (Å²) in [5, 5.41) is 0. The maximum absolute atomic E-state index is 6.55. The molecule has 1 aliphatic rings. The Balaban J connectivity index is 1.82. The number of hydrogen-bond donors (Lipinski definition) is 0. The minimum absolute atomic E-state index is 0.484. The SMILES string of the molecule is COc1cccc(C2(c3cccc(OC)c3)CN=C(c3ccccc3)O2)c1. The third-order valence-electron chi connectivity index (χ3n) is 4.81. The average Bonchev–Trinajstić information content (AvgIpc) is 3.21. The van der Waals surface area contributed by atoms with Gasteiger partial charge in [0.15, 0.2) is 5.60 Å². The highest BCUT2D eigenvalue weighted by Gasteiger charge is 2.42. The fourth-order valence-electron chi connectivity index (χ4n) is 3.36. The van der Waals surface area contributed by atoms with E-state index in [1.165, 1.54) is 0 Å². The summed E-state index contributed by atoms with van der Waals surface area (Å²) in [5.74, 6) is 2.21. The van der Waals surface area contributed by atoms with Crippen LogP contribution in [0.1, 0.15) is 16.7 Å². The molecule has 0 spiro atoms. The van der Waals surface area contributed by atoms with Crippen LogP contribution in [0.3, 0.4) is 0 Å². The van der Waals surface area contributed by atoms with Gasteiger partial charge in [0.1, 0.15) is 11.5 Å². The van der Waals surface area contributed by atoms with Crippen molar-refractivity contribution in [1.82, 2.24) is 0 Å². The van der Waals surface area contributed by atoms with Crippen molar-refractivity contribution in [2.75, 3.05) is 20.8 Å². The Morgan fingerprint density at radius 1 is 0.778 bits per heavy atom. The van der Waals surface area contributed by atoms with Gasteiger partial charge in [-0.2, -0.15) is 0 Å². The van der Waals surface area contributed by atoms with Crippen LogP contribution >= 0.6 is 0 Å². The lowest BCUT2D eigenvalue weighted by molar-refractivity contribution is 0.132. The van der Waals surface area contributed by atoms with Crippen molar-refractivity contribution in [2.24, 2.45) is 4.99 Å². The number of benzene rings is 3. The molecule has 0 saturated carbocycles. The molecule has 27 heavy (non-hydrogen) atoms. The summed E-state index contributed by atoms with van der Waals surface area (Å²) in [6, 6.07) is 25.9. The van der Waals surface area contributed by atoms with Crippen molar-refractivity contribution in [3.8, 4) is 11.5 Å². The molecule has 1 heterocycles. The normalized spacial score (nSPS) is 15.0. The second-order valence-corrected chi connectivity index (χ2v) is 6.38. The van der Waals surface area contributed by atoms with Gasteiger partial charge in [0.2, 0.25) is 5.90 Å². The van der Waals surface area contributed by atoms with Crippen LogP contribution in [0.2, 0.25) is 0 Å². The van der Waals surface area contributed by atoms with E-state index in [4.69, 9.17) is 19.2 Å². The van der Waals surface area contributed by atoms with Crippen molar-refractivity contribution in [3.63, 3.8) is 0 Å². The van der Waals surface area contributed by atoms with E-state index in [-0.39, 0.29) is 0 Å². The van der Waals surface area contributed by atoms with E-state index in [2.05, 4.69) is 0 Å². The zero-order valence-corrected chi connectivity index (χ0v) is 15.4. The summed E-state index contributed by atoms with van der Waals surface area (Å²) in [6.07, 6.45) is 0. The van der Waals surface area contributed by atoms with Gasteiger partial charge < -0.3 is 14.2 Å². The van der Waals surface area contributed by atoms with Gasteiger partial charge >= 0.3 is 0 Å². The van der Waals surface area contributed by atoms with Gasteiger partial charge in [-0.15, -0.1) is 0 Å². The maximum Gasteiger partial charge on any atom is 0.217 e. The topological polar surface area (TPSA) is 40.0 Å². The summed E-state index contributed by atoms with van der Waals surface area (Å²) < 4.78 is 17.4. The van der Waals surface area contributed by atoms with Gasteiger partial charge in [-0.3, -0.25) is 0 Å². The molecule has 0 amide bonds. The molecule has 0 radical (unpaired) electrons. The monoisotopic (exact) mass is 359 g/mol. The van der Waals surface area contributed by atoms with Gasteiger partial charge in [0, 0.05) is 16.7 Å². The molecule has 0 saturated heterocycles. The van der Waals surface area contributed by atoms with Crippen LogP contribution in [0.4, 0.5) is 0 Å². The quantitative estimate of drug-likeness (QED) is 0.677. The predicted octanol–water partition coefficient (Wildman–Crippen LogP) is 4.42. The van der Waals surface area contributed by atoms with Gasteiger partial charge in [-0.05, 0) is 36.4 Å². The van der Waals surface area contributed by atoms with Gasteiger partial charge in [0.05, 0.1) is 20.8 Å². The van der Waals surface area contributed by atoms with Crippen molar-refractivity contribution in [2.45, 2.75) is 5.60 Å². The van der Waals surface area contributed by atoms with Crippen LogP contribution in [0, 0.1) is 0 Å². The highest BCUT2D eigenvalue weighted by molar-refractivity contribution is 5.95. The number of hydrogen-bond acceptors (Lipinski definition) is 4. The third-order valence-corrected chi connectivity index (χ3v) is 4.81. The summed E-state index contributed by atoms with van der Waals surface area (Å²) in [7, 11) is 3.33. The van der Waals surface area contributed by atoms with Crippen LogP contribution in [0.5, 0.6) is 11.5 Å². The Morgan fingerprint density at radius 2 is 1.37 bits per heavy atom. The second-order valence-electron chi connectivity index (χ2n) is 6.38. The Bertz CT molecular complexity index is 919. The minimum Gasteiger partial charge on any atom is -0.497 e. The van der Waals surface area contributed by atoms with Crippen LogP contribution < -0.4 is 9.47 Å². The molecular formula is C23H21NO3. The lowest BCUT2D eigenvalue weighted by atomic mass is 9.86. The Labute approximate surface area is 159 Å². The summed E-state index contributed by atoms with van der Waals surface area (Å²) in [5.41, 5.74) is 2.22. The van der Waals surface area contributed by atoms with Gasteiger partial charge in [-0.1, -0.05) is 42.5 Å². The maximum atomic E-state index is 6.55. The van der Waals surface area contributed by atoms with E-state index >= 15 is 0 Å². The number of ether oxygens (including phenoxy) is 3. The first-order chi connectivity index (χ1) is 13.2. The minimum atomic E-state index is -0.728. The molecule has 0 unspecified atom stereocenters. The molecule has 4 heteroatoms. The third kappa shape index (κ3) is 3.14. The largest absolute Gasteiger partial charge is 0.497 e. The molecule has 4 rings (SSSR count). The molecule has 1 aliphatic heterocycles. The summed E-state index contributed by atoms with van der Waals surface area (Å²) in [4.78, 5) is 4.74. The molecule has 136 valence electrons. The molecule has 0 aliphatic carbocycles. The lowest BCUT2D eigenvalue weighted by Crippen LogP contribution is -2.32. The van der Waals surface area contributed by atoms with Crippen molar-refractivity contribution < 1.29 is 14.2 Å². The predicted molar refractivity (Wildman–Crippen MR) is 106 cm³/mol. The number of methoxy groups -OCH3 is 2. The number of aliphatic imine (C=N–C) groups is 1. The van der Waals surface area contributed by atoms with E-state index in [9.17, 15) is 0 Å². The van der Waals surface area contributed by atoms with E-state index in [1.54, 1.807) is 14.2 Å². The van der Waals surface area contributed by atoms with Gasteiger partial charge in [-0.25, -0.2) is 4.99 Å². The van der Waals surface area contributed by atoms with Crippen molar-refractivity contribution >= 4 is 5.90 Å². The van der Waals surface area contributed by atoms with Gasteiger partial charge in [0.25, 0.3) is 0 Å². The second kappa shape index (κ2) is 7.16. The average molecular weight is 359 g/mol. The molecule has 0 bridgehead atoms. The fraction of sp³-hybridized carbons (Fsp3) is 0.174. The van der Waals surface area contributed by atoms with Crippen molar-refractivity contribution in [1.29, 1.82) is 0 Å². The Morgan fingerprint density at radius 3 is 1.93 bits per heavy atom. The van der Waals surface area contributed by atoms with Crippen LogP contribution in [-0.4, -0.2) is 26.7 Å². The van der Waals surface area contributed by atoms with Crippen LogP contribution in [0.15, 0.2) is 83.9 Å². The molecule has 0 aromatic heterocycles. The molecule has 0 N–H and O–H groups in total. The summed E-state index contributed by atoms with van der Waals surface area (Å²) in [6.45, 7) is 0.484. The van der Waals surface area contributed by atoms with E-state index in [1.807, 2.05) is 78.9 Å². The van der Waals surface area contributed by atoms with E-state index in [0.717, 1.165) is 28.2 Å². The Kier molecular flexibility index (Phi) is 4.55. The first-order valence-electron chi connectivity index (χ1n) is 8.83. The Hall–Kier alpha value is -3.27. The standard InChI is InChI=1S/C23H21NO3/c1-25-20-12-6-10-18(14-20)23(19-11-7-13-21(15-19)26-2)16-24-22(27-23)17-8-4-3-5-9-17/h3-15H,16H2,1-2H3. The summed E-state index contributed by atoms with van der Waals surface area (Å²) >= 11 is 0. The molecule has 0 atom stereocenters. The highest BCUT2D eigenvalue weighted by atomic mass is 16.5. The van der Waals surface area contributed by atoms with E-state index < -0.39 is 5.60 Å². The fourth-order valence-corrected chi connectivity index (χ4v) is 3.36. The highest BCUT2D eigenvalue weighted by Crippen LogP contribution is 2.41. The van der Waals surface area contributed by atoms with Crippen LogP contribution in [0.25, 0.3) is 0 Å². The molecule has 3 aromatic rings. The molecule has 3 aromatic carbocycles. The lowest BCUT2D eigenvalue weighted by Gasteiger charge is -2.30. The molecule has 0 fully saturated rings. The first-order valence-corrected chi connectivity index (χ1v) is 8.83. The number of nitrogens with zero attached hydrogens (tertiary/aromatic N) is 1. The number of rotatable bonds is 5. The zero-order valence-electron chi connectivity index (χ0n) is 15.4. The van der Waals surface area contributed by atoms with Crippen LogP contribution in [-0.2, 0) is 10.3 Å². The van der Waals surface area contributed by atoms with E-state index in [0.29, 0.717) is 12.4 Å². The zero-order chi connectivity index (χ0) is 18.7. The molecular weight excluding hydrogens is 338 g/mol. The smallest absolute Gasteiger partial charge is 0.217 e. The van der Waals surface area contributed by atoms with Crippen molar-refractivity contribution in [3.05, 3.63) is 95.6 Å². The first kappa shape index (κ1) is 17.2. The molecule has 4 nitrogen and oxygen atoms in total.